The zero-order valence-electron chi connectivity index (χ0n) is 9.10. The Kier molecular flexibility index (Phi) is 3.39. The minimum Gasteiger partial charge on any atom is -0.480 e. The number of anilines is 1. The number of ether oxygens (including phenoxy) is 1. The number of hydrogen-bond acceptors (Lipinski definition) is 5. The van der Waals surface area contributed by atoms with Gasteiger partial charge in [-0.05, 0) is 6.92 Å². The van der Waals surface area contributed by atoms with Gasteiger partial charge >= 0.3 is 0 Å². The van der Waals surface area contributed by atoms with E-state index < -0.39 is 4.92 Å². The molecule has 0 saturated heterocycles. The van der Waals surface area contributed by atoms with Crippen molar-refractivity contribution in [1.29, 1.82) is 0 Å². The van der Waals surface area contributed by atoms with Crippen molar-refractivity contribution in [2.24, 2.45) is 0 Å². The van der Waals surface area contributed by atoms with E-state index in [0.29, 0.717) is 5.56 Å². The smallest absolute Gasteiger partial charge is 0.292 e. The lowest BCUT2D eigenvalue weighted by molar-refractivity contribution is -0.385. The molecule has 0 aliphatic heterocycles. The normalized spacial score (nSPS) is 9.69. The van der Waals surface area contributed by atoms with Crippen LogP contribution in [-0.2, 0) is 4.79 Å². The lowest BCUT2D eigenvalue weighted by atomic mass is 10.2. The van der Waals surface area contributed by atoms with Gasteiger partial charge in [-0.2, -0.15) is 0 Å². The van der Waals surface area contributed by atoms with Crippen LogP contribution in [0.15, 0.2) is 6.20 Å². The van der Waals surface area contributed by atoms with Gasteiger partial charge in [0.25, 0.3) is 5.69 Å². The summed E-state index contributed by atoms with van der Waals surface area (Å²) in [6.45, 7) is 2.82. The summed E-state index contributed by atoms with van der Waals surface area (Å²) in [5, 5.41) is 13.1. The molecule has 1 heterocycles. The SMILES string of the molecule is COc1ncc([N+](=O)[O-])c(C)c1NC(C)=O. The van der Waals surface area contributed by atoms with E-state index in [0.717, 1.165) is 6.20 Å². The first kappa shape index (κ1) is 11.9. The van der Waals surface area contributed by atoms with E-state index in [1.807, 2.05) is 0 Å². The Morgan fingerprint density at radius 1 is 1.62 bits per heavy atom. The van der Waals surface area contributed by atoms with E-state index in [4.69, 9.17) is 4.74 Å². The van der Waals surface area contributed by atoms with Crippen LogP contribution in [0.1, 0.15) is 12.5 Å². The van der Waals surface area contributed by atoms with Crippen molar-refractivity contribution >= 4 is 17.3 Å². The molecule has 7 nitrogen and oxygen atoms in total. The fraction of sp³-hybridized carbons (Fsp3) is 0.333. The Balaban J connectivity index is 3.34. The van der Waals surface area contributed by atoms with Gasteiger partial charge in [-0.25, -0.2) is 4.98 Å². The van der Waals surface area contributed by atoms with Crippen LogP contribution in [0.3, 0.4) is 0 Å². The third-order valence-electron chi connectivity index (χ3n) is 1.97. The Morgan fingerprint density at radius 2 is 2.25 bits per heavy atom. The molecule has 0 saturated carbocycles. The highest BCUT2D eigenvalue weighted by molar-refractivity contribution is 5.91. The molecular weight excluding hydrogens is 214 g/mol. The van der Waals surface area contributed by atoms with E-state index in [1.165, 1.54) is 21.0 Å². The van der Waals surface area contributed by atoms with E-state index in [2.05, 4.69) is 10.3 Å². The van der Waals surface area contributed by atoms with Gasteiger partial charge in [0.1, 0.15) is 11.9 Å². The lowest BCUT2D eigenvalue weighted by Gasteiger charge is -2.10. The van der Waals surface area contributed by atoms with E-state index in [1.54, 1.807) is 0 Å². The Bertz CT molecular complexity index is 445. The van der Waals surface area contributed by atoms with Crippen molar-refractivity contribution in [2.45, 2.75) is 13.8 Å². The number of aromatic nitrogens is 1. The first-order chi connectivity index (χ1) is 7.47. The van der Waals surface area contributed by atoms with Gasteiger partial charge in [0, 0.05) is 6.92 Å². The lowest BCUT2D eigenvalue weighted by Crippen LogP contribution is -2.10. The van der Waals surface area contributed by atoms with Crippen LogP contribution < -0.4 is 10.1 Å². The topological polar surface area (TPSA) is 94.4 Å². The third kappa shape index (κ3) is 2.25. The summed E-state index contributed by atoms with van der Waals surface area (Å²) in [4.78, 5) is 24.8. The number of rotatable bonds is 3. The Morgan fingerprint density at radius 3 is 2.69 bits per heavy atom. The molecule has 0 spiro atoms. The van der Waals surface area contributed by atoms with Crippen molar-refractivity contribution in [1.82, 2.24) is 4.98 Å². The van der Waals surface area contributed by atoms with Crippen LogP contribution in [0.4, 0.5) is 11.4 Å². The second kappa shape index (κ2) is 4.56. The number of nitrogens with one attached hydrogen (secondary N) is 1. The number of nitro groups is 1. The maximum atomic E-state index is 11.0. The molecule has 0 aliphatic carbocycles. The van der Waals surface area contributed by atoms with Gasteiger partial charge in [0.15, 0.2) is 0 Å². The number of nitrogens with zero attached hydrogens (tertiary/aromatic N) is 2. The summed E-state index contributed by atoms with van der Waals surface area (Å²) in [6, 6.07) is 0. The van der Waals surface area contributed by atoms with Gasteiger partial charge in [-0.1, -0.05) is 0 Å². The second-order valence-electron chi connectivity index (χ2n) is 3.09. The quantitative estimate of drug-likeness (QED) is 0.617. The molecule has 0 aromatic carbocycles. The van der Waals surface area contributed by atoms with Crippen molar-refractivity contribution < 1.29 is 14.5 Å². The molecule has 0 fully saturated rings. The standard InChI is InChI=1S/C9H11N3O4/c1-5-7(12(14)15)4-10-9(16-3)8(5)11-6(2)13/h4H,1-3H3,(H,11,13). The average molecular weight is 225 g/mol. The monoisotopic (exact) mass is 225 g/mol. The zero-order chi connectivity index (χ0) is 12.3. The van der Waals surface area contributed by atoms with Gasteiger partial charge in [-0.3, -0.25) is 14.9 Å². The van der Waals surface area contributed by atoms with Crippen molar-refractivity contribution in [3.05, 3.63) is 21.9 Å². The molecule has 7 heteroatoms. The van der Waals surface area contributed by atoms with E-state index in [-0.39, 0.29) is 23.2 Å². The first-order valence-corrected chi connectivity index (χ1v) is 4.43. The molecule has 1 rings (SSSR count). The van der Waals surface area contributed by atoms with Crippen LogP contribution in [0.5, 0.6) is 5.88 Å². The number of methoxy groups -OCH3 is 1. The van der Waals surface area contributed by atoms with E-state index >= 15 is 0 Å². The van der Waals surface area contributed by atoms with Crippen molar-refractivity contribution in [3.63, 3.8) is 0 Å². The highest BCUT2D eigenvalue weighted by atomic mass is 16.6. The highest BCUT2D eigenvalue weighted by Crippen LogP contribution is 2.31. The molecule has 0 aliphatic rings. The number of carbonyl (C=O) groups is 1. The predicted molar refractivity (Wildman–Crippen MR) is 56.5 cm³/mol. The number of carbonyl (C=O) groups excluding carboxylic acids is 1. The summed E-state index contributed by atoms with van der Waals surface area (Å²) in [7, 11) is 1.37. The molecule has 1 N–H and O–H groups in total. The molecule has 0 atom stereocenters. The van der Waals surface area contributed by atoms with Crippen molar-refractivity contribution in [2.75, 3.05) is 12.4 Å². The molecule has 86 valence electrons. The molecular formula is C9H11N3O4. The largest absolute Gasteiger partial charge is 0.480 e. The number of pyridine rings is 1. The molecule has 0 unspecified atom stereocenters. The molecule has 1 amide bonds. The number of amides is 1. The Hall–Kier alpha value is -2.18. The molecule has 0 bridgehead atoms. The van der Waals surface area contributed by atoms with Gasteiger partial charge < -0.3 is 10.1 Å². The first-order valence-electron chi connectivity index (χ1n) is 4.43. The minimum atomic E-state index is -0.562. The van der Waals surface area contributed by atoms with Gasteiger partial charge in [-0.15, -0.1) is 0 Å². The van der Waals surface area contributed by atoms with Gasteiger partial charge in [0.05, 0.1) is 17.6 Å². The van der Waals surface area contributed by atoms with Crippen molar-refractivity contribution in [3.8, 4) is 5.88 Å². The van der Waals surface area contributed by atoms with Crippen LogP contribution >= 0.6 is 0 Å². The van der Waals surface area contributed by atoms with Crippen LogP contribution in [0.25, 0.3) is 0 Å². The van der Waals surface area contributed by atoms with Crippen LogP contribution in [-0.4, -0.2) is 22.9 Å². The maximum absolute atomic E-state index is 11.0. The molecule has 16 heavy (non-hydrogen) atoms. The van der Waals surface area contributed by atoms with Gasteiger partial charge in [0.2, 0.25) is 11.8 Å². The highest BCUT2D eigenvalue weighted by Gasteiger charge is 2.19. The second-order valence-corrected chi connectivity index (χ2v) is 3.09. The summed E-state index contributed by atoms with van der Waals surface area (Å²) < 4.78 is 4.91. The fourth-order valence-electron chi connectivity index (χ4n) is 1.23. The van der Waals surface area contributed by atoms with Crippen LogP contribution in [0, 0.1) is 17.0 Å². The maximum Gasteiger partial charge on any atom is 0.292 e. The summed E-state index contributed by atoms with van der Waals surface area (Å²) >= 11 is 0. The van der Waals surface area contributed by atoms with E-state index in [9.17, 15) is 14.9 Å². The van der Waals surface area contributed by atoms with Crippen LogP contribution in [0.2, 0.25) is 0 Å². The Labute approximate surface area is 91.6 Å². The summed E-state index contributed by atoms with van der Waals surface area (Å²) in [5.74, 6) is -0.193. The molecule has 0 radical (unpaired) electrons. The summed E-state index contributed by atoms with van der Waals surface area (Å²) in [5.41, 5.74) is 0.376. The summed E-state index contributed by atoms with van der Waals surface area (Å²) in [6.07, 6.45) is 1.10. The zero-order valence-corrected chi connectivity index (χ0v) is 9.10. The molecule has 1 aromatic heterocycles. The fourth-order valence-corrected chi connectivity index (χ4v) is 1.23. The average Bonchev–Trinajstić information content (AvgIpc) is 2.19. The third-order valence-corrected chi connectivity index (χ3v) is 1.97. The molecule has 1 aromatic rings. The minimum absolute atomic E-state index is 0.151. The number of hydrogen-bond donors (Lipinski definition) is 1. The predicted octanol–water partition coefficient (Wildman–Crippen LogP) is 1.27.